The minimum atomic E-state index is 0.0708. The Kier molecular flexibility index (Phi) is 6.07. The van der Waals surface area contributed by atoms with Gasteiger partial charge in [-0.15, -0.1) is 10.2 Å². The zero-order valence-electron chi connectivity index (χ0n) is 11.7. The van der Waals surface area contributed by atoms with Crippen LogP contribution in [0.5, 0.6) is 0 Å². The van der Waals surface area contributed by atoms with Crippen molar-refractivity contribution < 1.29 is 9.47 Å². The highest BCUT2D eigenvalue weighted by molar-refractivity contribution is 7.11. The van der Waals surface area contributed by atoms with Gasteiger partial charge in [0.05, 0.1) is 19.3 Å². The number of benzene rings is 1. The van der Waals surface area contributed by atoms with Gasteiger partial charge in [0.25, 0.3) is 0 Å². The van der Waals surface area contributed by atoms with Gasteiger partial charge < -0.3 is 14.8 Å². The first-order valence-electron chi connectivity index (χ1n) is 6.46. The molecular formula is C14H19N3O2S. The second kappa shape index (κ2) is 8.06. The van der Waals surface area contributed by atoms with Crippen molar-refractivity contribution in [2.45, 2.75) is 12.6 Å². The van der Waals surface area contributed by atoms with Crippen LogP contribution < -0.4 is 5.32 Å². The quantitative estimate of drug-likeness (QED) is 0.755. The third-order valence-corrected chi connectivity index (χ3v) is 3.77. The molecule has 1 unspecified atom stereocenters. The average molecular weight is 293 g/mol. The van der Waals surface area contributed by atoms with Gasteiger partial charge in [-0.1, -0.05) is 41.7 Å². The highest BCUT2D eigenvalue weighted by atomic mass is 32.1. The van der Waals surface area contributed by atoms with Crippen molar-refractivity contribution in [3.05, 3.63) is 45.9 Å². The summed E-state index contributed by atoms with van der Waals surface area (Å²) in [7, 11) is 3.58. The maximum absolute atomic E-state index is 5.46. The van der Waals surface area contributed by atoms with Gasteiger partial charge in [-0.05, 0) is 12.6 Å². The lowest BCUT2D eigenvalue weighted by molar-refractivity contribution is 0.0613. The van der Waals surface area contributed by atoms with Crippen molar-refractivity contribution in [3.8, 4) is 0 Å². The third kappa shape index (κ3) is 4.08. The van der Waals surface area contributed by atoms with E-state index in [9.17, 15) is 0 Å². The summed E-state index contributed by atoms with van der Waals surface area (Å²) in [5, 5.41) is 13.5. The van der Waals surface area contributed by atoms with Crippen LogP contribution in [0.25, 0.3) is 0 Å². The van der Waals surface area contributed by atoms with E-state index in [4.69, 9.17) is 9.47 Å². The van der Waals surface area contributed by atoms with E-state index in [2.05, 4.69) is 27.6 Å². The molecule has 20 heavy (non-hydrogen) atoms. The number of rotatable bonds is 8. The smallest absolute Gasteiger partial charge is 0.143 e. The molecule has 0 fully saturated rings. The number of hydrogen-bond acceptors (Lipinski definition) is 6. The number of nitrogens with one attached hydrogen (secondary N) is 1. The summed E-state index contributed by atoms with van der Waals surface area (Å²) in [6.07, 6.45) is 0. The zero-order valence-corrected chi connectivity index (χ0v) is 12.5. The molecule has 0 aliphatic carbocycles. The predicted octanol–water partition coefficient (Wildman–Crippen LogP) is 2.01. The van der Waals surface area contributed by atoms with Gasteiger partial charge >= 0.3 is 0 Å². The monoisotopic (exact) mass is 293 g/mol. The van der Waals surface area contributed by atoms with Gasteiger partial charge in [-0.25, -0.2) is 0 Å². The van der Waals surface area contributed by atoms with Crippen LogP contribution in [0, 0.1) is 0 Å². The lowest BCUT2D eigenvalue weighted by Gasteiger charge is -2.12. The van der Waals surface area contributed by atoms with E-state index in [1.165, 1.54) is 5.56 Å². The first-order chi connectivity index (χ1) is 9.85. The van der Waals surface area contributed by atoms with Crippen LogP contribution >= 0.6 is 11.3 Å². The predicted molar refractivity (Wildman–Crippen MR) is 78.8 cm³/mol. The molecule has 5 nitrogen and oxygen atoms in total. The summed E-state index contributed by atoms with van der Waals surface area (Å²) >= 11 is 1.57. The molecule has 1 N–H and O–H groups in total. The number of methoxy groups -OCH3 is 1. The fourth-order valence-corrected chi connectivity index (χ4v) is 2.74. The summed E-state index contributed by atoms with van der Waals surface area (Å²) in [6.45, 7) is 1.64. The van der Waals surface area contributed by atoms with Gasteiger partial charge in [0.15, 0.2) is 0 Å². The molecule has 1 heterocycles. The van der Waals surface area contributed by atoms with Crippen molar-refractivity contribution in [3.63, 3.8) is 0 Å². The van der Waals surface area contributed by atoms with Crippen molar-refractivity contribution in [2.75, 3.05) is 27.4 Å². The lowest BCUT2D eigenvalue weighted by atomic mass is 10.1. The van der Waals surface area contributed by atoms with Crippen molar-refractivity contribution >= 4 is 11.3 Å². The van der Waals surface area contributed by atoms with Crippen LogP contribution in [-0.2, 0) is 16.1 Å². The average Bonchev–Trinajstić information content (AvgIpc) is 2.94. The Morgan fingerprint density at radius 3 is 2.70 bits per heavy atom. The zero-order chi connectivity index (χ0) is 14.2. The summed E-state index contributed by atoms with van der Waals surface area (Å²) in [5.74, 6) is 0. The molecule has 0 radical (unpaired) electrons. The Balaban J connectivity index is 1.99. The maximum atomic E-state index is 5.46. The fourth-order valence-electron chi connectivity index (χ4n) is 1.82. The van der Waals surface area contributed by atoms with Gasteiger partial charge in [-0.2, -0.15) is 0 Å². The van der Waals surface area contributed by atoms with E-state index in [1.54, 1.807) is 18.4 Å². The van der Waals surface area contributed by atoms with Crippen LogP contribution in [0.15, 0.2) is 30.3 Å². The van der Waals surface area contributed by atoms with Crippen molar-refractivity contribution in [1.82, 2.24) is 15.5 Å². The minimum Gasteiger partial charge on any atom is -0.382 e. The molecule has 0 amide bonds. The highest BCUT2D eigenvalue weighted by Gasteiger charge is 2.16. The first kappa shape index (κ1) is 15.1. The largest absolute Gasteiger partial charge is 0.382 e. The molecule has 1 atom stereocenters. The normalized spacial score (nSPS) is 12.5. The summed E-state index contributed by atoms with van der Waals surface area (Å²) in [6, 6.07) is 10.3. The molecule has 0 bridgehead atoms. The van der Waals surface area contributed by atoms with E-state index in [-0.39, 0.29) is 6.04 Å². The Hall–Kier alpha value is -1.34. The Morgan fingerprint density at radius 1 is 1.20 bits per heavy atom. The molecule has 1 aromatic heterocycles. The van der Waals surface area contributed by atoms with Crippen LogP contribution in [0.3, 0.4) is 0 Å². The number of nitrogens with zero attached hydrogens (tertiary/aromatic N) is 2. The molecule has 108 valence electrons. The Morgan fingerprint density at radius 2 is 2.00 bits per heavy atom. The molecule has 0 aliphatic heterocycles. The summed E-state index contributed by atoms with van der Waals surface area (Å²) in [5.41, 5.74) is 1.18. The molecule has 2 aromatic rings. The molecule has 6 heteroatoms. The number of aromatic nitrogens is 2. The van der Waals surface area contributed by atoms with Crippen LogP contribution in [0.1, 0.15) is 21.6 Å². The van der Waals surface area contributed by atoms with E-state index in [0.717, 1.165) is 10.0 Å². The van der Waals surface area contributed by atoms with Crippen LogP contribution in [-0.4, -0.2) is 37.6 Å². The molecule has 0 aliphatic rings. The van der Waals surface area contributed by atoms with Gasteiger partial charge in [0.2, 0.25) is 0 Å². The molecule has 0 saturated carbocycles. The fraction of sp³-hybridized carbons (Fsp3) is 0.429. The number of ether oxygens (including phenoxy) is 2. The van der Waals surface area contributed by atoms with Crippen molar-refractivity contribution in [2.24, 2.45) is 0 Å². The topological polar surface area (TPSA) is 56.3 Å². The molecule has 2 rings (SSSR count). The van der Waals surface area contributed by atoms with Crippen molar-refractivity contribution in [1.29, 1.82) is 0 Å². The van der Waals surface area contributed by atoms with E-state index in [0.29, 0.717) is 19.8 Å². The van der Waals surface area contributed by atoms with E-state index < -0.39 is 0 Å². The minimum absolute atomic E-state index is 0.0708. The summed E-state index contributed by atoms with van der Waals surface area (Å²) < 4.78 is 10.4. The lowest BCUT2D eigenvalue weighted by Crippen LogP contribution is -2.17. The van der Waals surface area contributed by atoms with Crippen LogP contribution in [0.2, 0.25) is 0 Å². The molecular weight excluding hydrogens is 274 g/mol. The summed E-state index contributed by atoms with van der Waals surface area (Å²) in [4.78, 5) is 0. The molecule has 0 saturated heterocycles. The Bertz CT molecular complexity index is 504. The third-order valence-electron chi connectivity index (χ3n) is 2.81. The maximum Gasteiger partial charge on any atom is 0.143 e. The van der Waals surface area contributed by atoms with Gasteiger partial charge in [0, 0.05) is 7.11 Å². The van der Waals surface area contributed by atoms with Crippen LogP contribution in [0.4, 0.5) is 0 Å². The second-order valence-electron chi connectivity index (χ2n) is 4.21. The first-order valence-corrected chi connectivity index (χ1v) is 7.28. The van der Waals surface area contributed by atoms with E-state index >= 15 is 0 Å². The van der Waals surface area contributed by atoms with E-state index in [1.807, 2.05) is 25.2 Å². The Labute approximate surface area is 123 Å². The molecule has 1 aromatic carbocycles. The molecule has 0 spiro atoms. The van der Waals surface area contributed by atoms with Gasteiger partial charge in [0.1, 0.15) is 16.6 Å². The number of hydrogen-bond donors (Lipinski definition) is 1. The SMILES string of the molecule is CNC(c1ccccc1)c1nnc(COCCOC)s1. The van der Waals surface area contributed by atoms with Gasteiger partial charge in [-0.3, -0.25) is 0 Å². The highest BCUT2D eigenvalue weighted by Crippen LogP contribution is 2.24. The standard InChI is InChI=1S/C14H19N3O2S/c1-15-13(11-6-4-3-5-7-11)14-17-16-12(20-14)10-19-9-8-18-2/h3-7,13,15H,8-10H2,1-2H3. The second-order valence-corrected chi connectivity index (χ2v) is 5.31.